The van der Waals surface area contributed by atoms with Gasteiger partial charge in [-0.05, 0) is 102 Å². The zero-order valence-electron chi connectivity index (χ0n) is 29.4. The second-order valence-electron chi connectivity index (χ2n) is 16.7. The number of hydrogen-bond acceptors (Lipinski definition) is 5. The van der Waals surface area contributed by atoms with Crippen molar-refractivity contribution in [2.45, 2.75) is 160 Å². The van der Waals surface area contributed by atoms with Crippen molar-refractivity contribution < 1.29 is 27.6 Å². The van der Waals surface area contributed by atoms with Crippen LogP contribution < -0.4 is 16.0 Å². The van der Waals surface area contributed by atoms with E-state index in [1.165, 1.54) is 26.2 Å². The van der Waals surface area contributed by atoms with Crippen LogP contribution in [0.25, 0.3) is 0 Å². The molecule has 10 atom stereocenters. The minimum absolute atomic E-state index is 0.0260. The van der Waals surface area contributed by atoms with E-state index in [0.717, 1.165) is 51.5 Å². The molecule has 3 aliphatic carbocycles. The highest BCUT2D eigenvalue weighted by atomic mass is 19.4. The van der Waals surface area contributed by atoms with Gasteiger partial charge in [0.1, 0.15) is 0 Å². The lowest BCUT2D eigenvalue weighted by atomic mass is 9.65. The number of nitrogens with one attached hydrogen (secondary N) is 3. The lowest BCUT2D eigenvalue weighted by molar-refractivity contribution is -0.192. The number of carbonyl (C=O) groups is 3. The maximum atomic E-state index is 14.5. The van der Waals surface area contributed by atoms with Crippen molar-refractivity contribution in [3.8, 4) is 0 Å². The first kappa shape index (κ1) is 35.9. The summed E-state index contributed by atoms with van der Waals surface area (Å²) in [5, 5.41) is 9.87. The first-order valence-corrected chi connectivity index (χ1v) is 19.3. The third kappa shape index (κ3) is 8.18. The fourth-order valence-electron chi connectivity index (χ4n) is 10.8. The lowest BCUT2D eigenvalue weighted by Crippen LogP contribution is -2.64. The van der Waals surface area contributed by atoms with Crippen molar-refractivity contribution in [2.75, 3.05) is 19.6 Å². The summed E-state index contributed by atoms with van der Waals surface area (Å²) in [6, 6.07) is 0.676. The van der Waals surface area contributed by atoms with E-state index in [4.69, 9.17) is 0 Å². The lowest BCUT2D eigenvalue weighted by Gasteiger charge is -2.54. The van der Waals surface area contributed by atoms with Crippen LogP contribution in [0.3, 0.4) is 0 Å². The Bertz CT molecular complexity index is 1140. The van der Waals surface area contributed by atoms with Gasteiger partial charge >= 0.3 is 6.18 Å². The number of halogens is 3. The zero-order chi connectivity index (χ0) is 34.2. The Hall–Kier alpha value is -1.88. The van der Waals surface area contributed by atoms with Gasteiger partial charge in [-0.3, -0.25) is 14.4 Å². The summed E-state index contributed by atoms with van der Waals surface area (Å²) in [4.78, 5) is 44.3. The van der Waals surface area contributed by atoms with Crippen molar-refractivity contribution in [1.82, 2.24) is 25.8 Å². The van der Waals surface area contributed by atoms with Crippen molar-refractivity contribution in [3.05, 3.63) is 0 Å². The third-order valence-electron chi connectivity index (χ3n) is 13.4. The molecule has 3 saturated carbocycles. The van der Waals surface area contributed by atoms with Crippen LogP contribution in [0.15, 0.2) is 0 Å². The van der Waals surface area contributed by atoms with Crippen molar-refractivity contribution in [3.63, 3.8) is 0 Å². The van der Waals surface area contributed by atoms with Crippen LogP contribution in [-0.2, 0) is 14.4 Å². The number of hydrogen-bond donors (Lipinski definition) is 3. The van der Waals surface area contributed by atoms with Gasteiger partial charge in [0.25, 0.3) is 0 Å². The van der Waals surface area contributed by atoms with Crippen molar-refractivity contribution in [2.24, 2.45) is 35.5 Å². The number of carbonyl (C=O) groups excluding carboxylic acids is 3. The molecule has 0 aromatic carbocycles. The Morgan fingerprint density at radius 1 is 0.812 bits per heavy atom. The fraction of sp³-hybridized carbons (Fsp3) is 0.919. The van der Waals surface area contributed by atoms with Crippen LogP contribution in [0.1, 0.15) is 117 Å². The van der Waals surface area contributed by atoms with E-state index in [9.17, 15) is 27.6 Å². The molecule has 3 heterocycles. The maximum absolute atomic E-state index is 14.5. The number of amides is 3. The Balaban J connectivity index is 1.11. The van der Waals surface area contributed by atoms with Crippen LogP contribution >= 0.6 is 0 Å². The number of piperidine rings is 3. The topological polar surface area (TPSA) is 93.8 Å². The number of rotatable bonds is 6. The Kier molecular flexibility index (Phi) is 11.3. The molecule has 0 aromatic heterocycles. The van der Waals surface area contributed by atoms with Gasteiger partial charge in [-0.25, -0.2) is 0 Å². The molecule has 0 radical (unpaired) electrons. The van der Waals surface area contributed by atoms with Crippen molar-refractivity contribution >= 4 is 17.7 Å². The summed E-state index contributed by atoms with van der Waals surface area (Å²) in [5.41, 5.74) is 0. The Labute approximate surface area is 285 Å². The van der Waals surface area contributed by atoms with E-state index in [-0.39, 0.29) is 54.6 Å². The van der Waals surface area contributed by atoms with Gasteiger partial charge in [-0.15, -0.1) is 0 Å². The van der Waals surface area contributed by atoms with Crippen LogP contribution in [0, 0.1) is 35.5 Å². The van der Waals surface area contributed by atoms with E-state index in [0.29, 0.717) is 68.2 Å². The SMILES string of the molecule is CC(=O)NC1CCN(C2CC(C(=O)NC3CCC(C)C(C4CC5CNC(C)CC5N(C5CCCCC5)C4=O)C3)CC(C(F)(F)F)C2)CC1. The number of likely N-dealkylation sites (tertiary alicyclic amines) is 2. The summed E-state index contributed by atoms with van der Waals surface area (Å²) in [6.07, 6.45) is 7.51. The second kappa shape index (κ2) is 15.2. The molecule has 0 bridgehead atoms. The summed E-state index contributed by atoms with van der Waals surface area (Å²) >= 11 is 0. The molecule has 10 unspecified atom stereocenters. The molecule has 48 heavy (non-hydrogen) atoms. The van der Waals surface area contributed by atoms with Gasteiger partial charge < -0.3 is 25.8 Å². The van der Waals surface area contributed by atoms with E-state index < -0.39 is 18.0 Å². The molecule has 6 aliphatic rings. The van der Waals surface area contributed by atoms with Gasteiger partial charge in [0, 0.05) is 74.6 Å². The molecular weight excluding hydrogens is 619 g/mol. The first-order valence-electron chi connectivity index (χ1n) is 19.3. The molecule has 0 spiro atoms. The molecule has 11 heteroatoms. The molecule has 3 N–H and O–H groups in total. The average molecular weight is 680 g/mol. The maximum Gasteiger partial charge on any atom is 0.391 e. The molecule has 8 nitrogen and oxygen atoms in total. The predicted molar refractivity (Wildman–Crippen MR) is 179 cm³/mol. The molecule has 6 fully saturated rings. The van der Waals surface area contributed by atoms with E-state index in [1.54, 1.807) is 0 Å². The van der Waals surface area contributed by atoms with E-state index in [1.807, 2.05) is 0 Å². The molecule has 3 amide bonds. The Morgan fingerprint density at radius 3 is 2.23 bits per heavy atom. The highest BCUT2D eigenvalue weighted by Crippen LogP contribution is 2.46. The van der Waals surface area contributed by atoms with Crippen LogP contribution in [-0.4, -0.2) is 89.6 Å². The van der Waals surface area contributed by atoms with Gasteiger partial charge in [0.2, 0.25) is 17.7 Å². The van der Waals surface area contributed by atoms with Crippen LogP contribution in [0.4, 0.5) is 13.2 Å². The van der Waals surface area contributed by atoms with Gasteiger partial charge in [-0.2, -0.15) is 13.2 Å². The van der Waals surface area contributed by atoms with Crippen LogP contribution in [0.2, 0.25) is 0 Å². The molecule has 0 aromatic rings. The van der Waals surface area contributed by atoms with E-state index in [2.05, 4.69) is 39.6 Å². The number of nitrogens with zero attached hydrogens (tertiary/aromatic N) is 2. The first-order chi connectivity index (χ1) is 22.9. The second-order valence-corrected chi connectivity index (χ2v) is 16.7. The van der Waals surface area contributed by atoms with Crippen molar-refractivity contribution in [1.29, 1.82) is 0 Å². The molecular formula is C37H60F3N5O3. The summed E-state index contributed by atoms with van der Waals surface area (Å²) in [7, 11) is 0. The average Bonchev–Trinajstić information content (AvgIpc) is 3.05. The summed E-state index contributed by atoms with van der Waals surface area (Å²) in [5.74, 6) is -1.28. The number of fused-ring (bicyclic) bond motifs is 1. The van der Waals surface area contributed by atoms with Gasteiger partial charge in [0.15, 0.2) is 0 Å². The number of alkyl halides is 3. The summed E-state index contributed by atoms with van der Waals surface area (Å²) < 4.78 is 42.6. The predicted octanol–water partition coefficient (Wildman–Crippen LogP) is 5.40. The van der Waals surface area contributed by atoms with Gasteiger partial charge in [0.05, 0.1) is 5.92 Å². The fourth-order valence-corrected chi connectivity index (χ4v) is 10.8. The smallest absolute Gasteiger partial charge is 0.354 e. The zero-order valence-corrected chi connectivity index (χ0v) is 29.4. The molecule has 272 valence electrons. The third-order valence-corrected chi connectivity index (χ3v) is 13.4. The monoisotopic (exact) mass is 679 g/mol. The largest absolute Gasteiger partial charge is 0.391 e. The normalized spacial score (nSPS) is 39.5. The van der Waals surface area contributed by atoms with Crippen LogP contribution in [0.5, 0.6) is 0 Å². The standard InChI is InChI=1S/C37H60F3N5O3/c1-22-9-10-29(20-32(22)33-18-26-21-41-23(2)15-34(26)45(36(33)48)30-7-5-4-6-8-30)43-35(47)25-16-27(37(38,39)40)19-31(17-25)44-13-11-28(12-14-44)42-24(3)46/h22-23,25-34,41H,4-21H2,1-3H3,(H,42,46)(H,43,47). The Morgan fingerprint density at radius 2 is 1.54 bits per heavy atom. The van der Waals surface area contributed by atoms with E-state index >= 15 is 0 Å². The molecule has 3 saturated heterocycles. The minimum atomic E-state index is -4.34. The minimum Gasteiger partial charge on any atom is -0.354 e. The van der Waals surface area contributed by atoms with Gasteiger partial charge in [-0.1, -0.05) is 26.2 Å². The molecule has 3 aliphatic heterocycles. The molecule has 6 rings (SSSR count). The quantitative estimate of drug-likeness (QED) is 0.350. The highest BCUT2D eigenvalue weighted by Gasteiger charge is 2.51. The summed E-state index contributed by atoms with van der Waals surface area (Å²) in [6.45, 7) is 8.16. The highest BCUT2D eigenvalue weighted by molar-refractivity contribution is 5.81.